The lowest BCUT2D eigenvalue weighted by molar-refractivity contribution is 0.0696. The van der Waals surface area contributed by atoms with Gasteiger partial charge in [0.2, 0.25) is 0 Å². The number of ether oxygens (including phenoxy) is 1. The van der Waals surface area contributed by atoms with Crippen LogP contribution in [0.4, 0.5) is 5.69 Å². The van der Waals surface area contributed by atoms with E-state index in [1.54, 1.807) is 6.07 Å². The zero-order valence-electron chi connectivity index (χ0n) is 17.5. The molecule has 0 aromatic heterocycles. The number of nitrogens with one attached hydrogen (secondary N) is 1. The molecule has 0 spiro atoms. The molecule has 4 rings (SSSR count). The highest BCUT2D eigenvalue weighted by molar-refractivity contribution is 5.90. The fraction of sp³-hybridized carbons (Fsp3) is 0.320. The second-order valence-electron chi connectivity index (χ2n) is 7.92. The zero-order valence-corrected chi connectivity index (χ0v) is 17.5. The van der Waals surface area contributed by atoms with Crippen LogP contribution in [0.3, 0.4) is 0 Å². The summed E-state index contributed by atoms with van der Waals surface area (Å²) in [5.41, 5.74) is 3.35. The number of carboxylic acid groups (broad SMARTS) is 1. The van der Waals surface area contributed by atoms with Crippen LogP contribution in [0.5, 0.6) is 0 Å². The first-order valence-electron chi connectivity index (χ1n) is 10.4. The number of hydrogen-bond donors (Lipinski definition) is 2. The van der Waals surface area contributed by atoms with E-state index in [1.807, 2.05) is 19.1 Å². The van der Waals surface area contributed by atoms with Gasteiger partial charge < -0.3 is 20.1 Å². The minimum atomic E-state index is -0.887. The van der Waals surface area contributed by atoms with E-state index in [0.29, 0.717) is 18.8 Å². The molecule has 0 amide bonds. The molecule has 1 heterocycles. The number of aryl methyl sites for hydroxylation is 1. The molecule has 0 aliphatic carbocycles. The molecule has 5 heteroatoms. The molecule has 5 nitrogen and oxygen atoms in total. The fourth-order valence-electron chi connectivity index (χ4n) is 4.23. The smallest absolute Gasteiger partial charge is 0.336 e. The van der Waals surface area contributed by atoms with Gasteiger partial charge in [-0.2, -0.15) is 0 Å². The number of anilines is 1. The summed E-state index contributed by atoms with van der Waals surface area (Å²) in [6.45, 7) is 6.77. The van der Waals surface area contributed by atoms with Gasteiger partial charge in [0.05, 0.1) is 24.8 Å². The van der Waals surface area contributed by atoms with Crippen LogP contribution in [0.1, 0.15) is 34.5 Å². The third-order valence-electron chi connectivity index (χ3n) is 5.96. The van der Waals surface area contributed by atoms with Gasteiger partial charge in [-0.25, -0.2) is 4.79 Å². The summed E-state index contributed by atoms with van der Waals surface area (Å²) in [6.07, 6.45) is 0. The minimum absolute atomic E-state index is 0.139. The van der Waals surface area contributed by atoms with Crippen molar-refractivity contribution in [1.29, 1.82) is 0 Å². The molecular formula is C25H28N2O3. The van der Waals surface area contributed by atoms with Crippen LogP contribution in [-0.2, 0) is 4.74 Å². The molecule has 1 aliphatic heterocycles. The summed E-state index contributed by atoms with van der Waals surface area (Å²) in [5.74, 6) is -0.887. The number of carbonyl (C=O) groups is 1. The topological polar surface area (TPSA) is 61.8 Å². The van der Waals surface area contributed by atoms with E-state index >= 15 is 0 Å². The molecule has 2 atom stereocenters. The highest BCUT2D eigenvalue weighted by Crippen LogP contribution is 2.26. The molecular weight excluding hydrogens is 376 g/mol. The maximum atomic E-state index is 11.6. The Morgan fingerprint density at radius 3 is 2.83 bits per heavy atom. The lowest BCUT2D eigenvalue weighted by atomic mass is 9.99. The second-order valence-corrected chi connectivity index (χ2v) is 7.92. The van der Waals surface area contributed by atoms with Gasteiger partial charge in [0, 0.05) is 24.8 Å². The number of carboxylic acids is 1. The summed E-state index contributed by atoms with van der Waals surface area (Å²) in [7, 11) is 0. The van der Waals surface area contributed by atoms with Crippen molar-refractivity contribution in [2.75, 3.05) is 31.2 Å². The third kappa shape index (κ3) is 4.18. The number of nitrogens with zero attached hydrogens (tertiary/aromatic N) is 1. The summed E-state index contributed by atoms with van der Waals surface area (Å²) in [5, 5.41) is 15.7. The number of morpholine rings is 1. The van der Waals surface area contributed by atoms with Crippen molar-refractivity contribution in [2.24, 2.45) is 0 Å². The normalized spacial score (nSPS) is 17.8. The Labute approximate surface area is 177 Å². The van der Waals surface area contributed by atoms with Crippen molar-refractivity contribution in [3.05, 3.63) is 77.4 Å². The van der Waals surface area contributed by atoms with E-state index in [9.17, 15) is 9.90 Å². The molecule has 2 N–H and O–H groups in total. The van der Waals surface area contributed by atoms with Crippen LogP contribution < -0.4 is 10.2 Å². The van der Waals surface area contributed by atoms with Crippen LogP contribution >= 0.6 is 0 Å². The Hall–Kier alpha value is -2.89. The number of hydrogen-bond acceptors (Lipinski definition) is 4. The largest absolute Gasteiger partial charge is 0.478 e. The molecule has 3 aromatic rings. The summed E-state index contributed by atoms with van der Waals surface area (Å²) in [6, 6.07) is 20.9. The maximum absolute atomic E-state index is 11.6. The van der Waals surface area contributed by atoms with E-state index in [1.165, 1.54) is 16.3 Å². The van der Waals surface area contributed by atoms with E-state index in [0.717, 1.165) is 24.3 Å². The molecule has 0 bridgehead atoms. The average molecular weight is 405 g/mol. The van der Waals surface area contributed by atoms with Crippen LogP contribution in [0.15, 0.2) is 60.7 Å². The molecule has 0 saturated carbocycles. The number of aromatic carboxylic acids is 1. The Balaban J connectivity index is 1.51. The van der Waals surface area contributed by atoms with Crippen molar-refractivity contribution in [1.82, 2.24) is 5.32 Å². The first-order chi connectivity index (χ1) is 14.5. The Bertz CT molecular complexity index is 1040. The molecule has 0 radical (unpaired) electrons. The summed E-state index contributed by atoms with van der Waals surface area (Å²) >= 11 is 0. The van der Waals surface area contributed by atoms with Gasteiger partial charge >= 0.3 is 5.97 Å². The average Bonchev–Trinajstić information content (AvgIpc) is 2.77. The van der Waals surface area contributed by atoms with Crippen molar-refractivity contribution >= 4 is 22.4 Å². The molecule has 30 heavy (non-hydrogen) atoms. The zero-order chi connectivity index (χ0) is 21.1. The van der Waals surface area contributed by atoms with E-state index < -0.39 is 5.97 Å². The summed E-state index contributed by atoms with van der Waals surface area (Å²) in [4.78, 5) is 13.8. The van der Waals surface area contributed by atoms with Gasteiger partial charge in [-0.1, -0.05) is 48.5 Å². The van der Waals surface area contributed by atoms with Gasteiger partial charge in [0.25, 0.3) is 0 Å². The highest BCUT2D eigenvalue weighted by Gasteiger charge is 2.25. The van der Waals surface area contributed by atoms with Gasteiger partial charge in [0.15, 0.2) is 0 Å². The van der Waals surface area contributed by atoms with Crippen molar-refractivity contribution in [3.63, 3.8) is 0 Å². The standard InChI is InChI=1S/C25H28N2O3/c1-17-10-11-20(14-24(17)25(28)29)27-12-13-30-16-21(27)15-26-18(2)22-9-5-7-19-6-3-4-8-23(19)22/h3-11,14,18,21,26H,12-13,15-16H2,1-2H3,(H,28,29). The molecule has 156 valence electrons. The van der Waals surface area contributed by atoms with Crippen LogP contribution in [0.2, 0.25) is 0 Å². The van der Waals surface area contributed by atoms with Crippen LogP contribution in [-0.4, -0.2) is 43.4 Å². The highest BCUT2D eigenvalue weighted by atomic mass is 16.5. The van der Waals surface area contributed by atoms with Crippen LogP contribution in [0, 0.1) is 6.92 Å². The lowest BCUT2D eigenvalue weighted by Crippen LogP contribution is -2.51. The van der Waals surface area contributed by atoms with Gasteiger partial charge in [-0.05, 0) is 47.9 Å². The molecule has 1 fully saturated rings. The minimum Gasteiger partial charge on any atom is -0.478 e. The monoisotopic (exact) mass is 404 g/mol. The van der Waals surface area contributed by atoms with Gasteiger partial charge in [0.1, 0.15) is 0 Å². The van der Waals surface area contributed by atoms with E-state index in [-0.39, 0.29) is 12.1 Å². The van der Waals surface area contributed by atoms with E-state index in [2.05, 4.69) is 59.6 Å². The molecule has 3 aromatic carbocycles. The lowest BCUT2D eigenvalue weighted by Gasteiger charge is -2.38. The third-order valence-corrected chi connectivity index (χ3v) is 5.96. The van der Waals surface area contributed by atoms with Crippen LogP contribution in [0.25, 0.3) is 10.8 Å². The SMILES string of the molecule is Cc1ccc(N2CCOCC2CNC(C)c2cccc3ccccc23)cc1C(=O)O. The summed E-state index contributed by atoms with van der Waals surface area (Å²) < 4.78 is 5.75. The Morgan fingerprint density at radius 1 is 1.20 bits per heavy atom. The number of benzene rings is 3. The predicted molar refractivity (Wildman–Crippen MR) is 120 cm³/mol. The molecule has 1 aliphatic rings. The molecule has 1 saturated heterocycles. The van der Waals surface area contributed by atoms with Crippen molar-refractivity contribution in [3.8, 4) is 0 Å². The predicted octanol–water partition coefficient (Wildman–Crippen LogP) is 4.40. The van der Waals surface area contributed by atoms with Crippen molar-refractivity contribution < 1.29 is 14.6 Å². The number of fused-ring (bicyclic) bond motifs is 1. The first kappa shape index (κ1) is 20.4. The van der Waals surface area contributed by atoms with Gasteiger partial charge in [-0.3, -0.25) is 0 Å². The first-order valence-corrected chi connectivity index (χ1v) is 10.4. The number of rotatable bonds is 6. The second kappa shape index (κ2) is 8.86. The van der Waals surface area contributed by atoms with E-state index in [4.69, 9.17) is 4.74 Å². The van der Waals surface area contributed by atoms with Gasteiger partial charge in [-0.15, -0.1) is 0 Å². The maximum Gasteiger partial charge on any atom is 0.336 e. The Kier molecular flexibility index (Phi) is 6.02. The molecule has 2 unspecified atom stereocenters. The van der Waals surface area contributed by atoms with Crippen molar-refractivity contribution in [2.45, 2.75) is 25.9 Å². The Morgan fingerprint density at radius 2 is 2.00 bits per heavy atom. The quantitative estimate of drug-likeness (QED) is 0.638. The fourth-order valence-corrected chi connectivity index (χ4v) is 4.23.